The van der Waals surface area contributed by atoms with Gasteiger partial charge in [-0.1, -0.05) is 6.07 Å². The second-order valence-electron chi connectivity index (χ2n) is 6.85. The standard InChI is InChI=1S/C17H21N3O7S/c21-16(11-27-15-3-1-2-14(10-15)20(23)24)18-5-7-19(8-6-18)17(22)13-4-9-28(25,26)12-13/h1-3,10,13H,4-9,11-12H2/t13-/m0/s1. The quantitative estimate of drug-likeness (QED) is 0.496. The molecule has 1 aromatic carbocycles. The Kier molecular flexibility index (Phi) is 5.82. The molecule has 1 aromatic rings. The molecule has 0 aliphatic carbocycles. The Labute approximate surface area is 162 Å². The Balaban J connectivity index is 1.47. The van der Waals surface area contributed by atoms with Gasteiger partial charge in [0.15, 0.2) is 16.4 Å². The lowest BCUT2D eigenvalue weighted by molar-refractivity contribution is -0.384. The van der Waals surface area contributed by atoms with Crippen LogP contribution in [0.4, 0.5) is 5.69 Å². The SMILES string of the molecule is O=C(COc1cccc([N+](=O)[O-])c1)N1CCN(C(=O)[C@H]2CCS(=O)(=O)C2)CC1. The van der Waals surface area contributed by atoms with E-state index < -0.39 is 20.7 Å². The van der Waals surface area contributed by atoms with Gasteiger partial charge in [-0.25, -0.2) is 8.42 Å². The van der Waals surface area contributed by atoms with Crippen molar-refractivity contribution in [1.29, 1.82) is 0 Å². The number of nitro groups is 1. The Morgan fingerprint density at radius 3 is 2.46 bits per heavy atom. The van der Waals surface area contributed by atoms with Crippen LogP contribution < -0.4 is 4.74 Å². The highest BCUT2D eigenvalue weighted by Crippen LogP contribution is 2.22. The summed E-state index contributed by atoms with van der Waals surface area (Å²) < 4.78 is 28.4. The fraction of sp³-hybridized carbons (Fsp3) is 0.529. The minimum atomic E-state index is -3.12. The number of nitro benzene ring substituents is 1. The number of ether oxygens (including phenoxy) is 1. The number of nitrogens with zero attached hydrogens (tertiary/aromatic N) is 3. The monoisotopic (exact) mass is 411 g/mol. The number of amides is 2. The van der Waals surface area contributed by atoms with Crippen LogP contribution in [0.3, 0.4) is 0 Å². The van der Waals surface area contributed by atoms with Crippen LogP contribution in [0.25, 0.3) is 0 Å². The minimum Gasteiger partial charge on any atom is -0.484 e. The van der Waals surface area contributed by atoms with Crippen molar-refractivity contribution in [2.45, 2.75) is 6.42 Å². The zero-order valence-electron chi connectivity index (χ0n) is 15.2. The summed E-state index contributed by atoms with van der Waals surface area (Å²) >= 11 is 0. The molecule has 2 aliphatic rings. The molecule has 11 heteroatoms. The van der Waals surface area contributed by atoms with E-state index in [4.69, 9.17) is 4.74 Å². The van der Waals surface area contributed by atoms with Gasteiger partial charge >= 0.3 is 0 Å². The normalized spacial score (nSPS) is 21.4. The van der Waals surface area contributed by atoms with Crippen LogP contribution in [0.5, 0.6) is 5.75 Å². The maximum Gasteiger partial charge on any atom is 0.273 e. The molecule has 0 aromatic heterocycles. The summed E-state index contributed by atoms with van der Waals surface area (Å²) in [5.41, 5.74) is -0.119. The van der Waals surface area contributed by atoms with E-state index in [9.17, 15) is 28.1 Å². The molecule has 2 amide bonds. The molecule has 0 radical (unpaired) electrons. The van der Waals surface area contributed by atoms with Crippen LogP contribution in [-0.4, -0.2) is 79.2 Å². The van der Waals surface area contributed by atoms with Crippen LogP contribution in [0.1, 0.15) is 6.42 Å². The number of hydrogen-bond donors (Lipinski definition) is 0. The highest BCUT2D eigenvalue weighted by Gasteiger charge is 2.36. The largest absolute Gasteiger partial charge is 0.484 e. The summed E-state index contributed by atoms with van der Waals surface area (Å²) in [6.45, 7) is 1.11. The molecular formula is C17H21N3O7S. The Morgan fingerprint density at radius 1 is 1.18 bits per heavy atom. The molecule has 3 rings (SSSR count). The van der Waals surface area contributed by atoms with Crippen LogP contribution >= 0.6 is 0 Å². The Bertz CT molecular complexity index is 878. The molecule has 28 heavy (non-hydrogen) atoms. The predicted octanol–water partition coefficient (Wildman–Crippen LogP) is 0.0791. The maximum atomic E-state index is 12.4. The lowest BCUT2D eigenvalue weighted by Gasteiger charge is -2.35. The first-order valence-electron chi connectivity index (χ1n) is 8.89. The van der Waals surface area contributed by atoms with E-state index in [1.54, 1.807) is 9.80 Å². The summed E-state index contributed by atoms with van der Waals surface area (Å²) in [6, 6.07) is 5.60. The first kappa shape index (κ1) is 20.1. The highest BCUT2D eigenvalue weighted by atomic mass is 32.2. The third-order valence-electron chi connectivity index (χ3n) is 4.92. The van der Waals surface area contributed by atoms with Crippen LogP contribution in [0.15, 0.2) is 24.3 Å². The Hall–Kier alpha value is -2.69. The van der Waals surface area contributed by atoms with Gasteiger partial charge in [-0.05, 0) is 12.5 Å². The van der Waals surface area contributed by atoms with E-state index >= 15 is 0 Å². The first-order valence-corrected chi connectivity index (χ1v) is 10.7. The van der Waals surface area contributed by atoms with E-state index in [-0.39, 0.29) is 41.4 Å². The van der Waals surface area contributed by atoms with Gasteiger partial charge in [0.05, 0.1) is 28.4 Å². The smallest absolute Gasteiger partial charge is 0.273 e. The summed E-state index contributed by atoms with van der Waals surface area (Å²) in [5.74, 6) is -0.731. The molecule has 1 atom stereocenters. The van der Waals surface area contributed by atoms with Crippen molar-refractivity contribution >= 4 is 27.3 Å². The summed E-state index contributed by atoms with van der Waals surface area (Å²) in [6.07, 6.45) is 0.358. The number of benzene rings is 1. The molecule has 152 valence electrons. The number of piperazine rings is 1. The van der Waals surface area contributed by atoms with Crippen molar-refractivity contribution in [3.63, 3.8) is 0 Å². The number of carbonyl (C=O) groups is 2. The molecule has 2 aliphatic heterocycles. The molecule has 2 heterocycles. The number of non-ortho nitro benzene ring substituents is 1. The second-order valence-corrected chi connectivity index (χ2v) is 9.08. The predicted molar refractivity (Wildman–Crippen MR) is 98.5 cm³/mol. The maximum absolute atomic E-state index is 12.4. The van der Waals surface area contributed by atoms with E-state index in [1.807, 2.05) is 0 Å². The van der Waals surface area contributed by atoms with Crippen molar-refractivity contribution in [3.8, 4) is 5.75 Å². The zero-order chi connectivity index (χ0) is 20.3. The fourth-order valence-electron chi connectivity index (χ4n) is 3.35. The van der Waals surface area contributed by atoms with Gasteiger partial charge in [0.1, 0.15) is 5.75 Å². The lowest BCUT2D eigenvalue weighted by atomic mass is 10.1. The lowest BCUT2D eigenvalue weighted by Crippen LogP contribution is -2.53. The highest BCUT2D eigenvalue weighted by molar-refractivity contribution is 7.91. The van der Waals surface area contributed by atoms with Gasteiger partial charge in [-0.2, -0.15) is 0 Å². The topological polar surface area (TPSA) is 127 Å². The van der Waals surface area contributed by atoms with Crippen LogP contribution in [-0.2, 0) is 19.4 Å². The van der Waals surface area contributed by atoms with Crippen molar-refractivity contribution in [1.82, 2.24) is 9.80 Å². The molecule has 0 spiro atoms. The minimum absolute atomic E-state index is 0.0524. The van der Waals surface area contributed by atoms with Gasteiger partial charge in [-0.15, -0.1) is 0 Å². The number of sulfone groups is 1. The van der Waals surface area contributed by atoms with Gasteiger partial charge in [0.2, 0.25) is 5.91 Å². The molecule has 0 N–H and O–H groups in total. The van der Waals surface area contributed by atoms with Crippen LogP contribution in [0, 0.1) is 16.0 Å². The van der Waals surface area contributed by atoms with Gasteiger partial charge in [0, 0.05) is 32.2 Å². The molecule has 2 fully saturated rings. The third-order valence-corrected chi connectivity index (χ3v) is 6.68. The van der Waals surface area contributed by atoms with E-state index in [2.05, 4.69) is 0 Å². The number of hydrogen-bond acceptors (Lipinski definition) is 7. The number of rotatable bonds is 5. The average molecular weight is 411 g/mol. The second kappa shape index (κ2) is 8.13. The molecule has 0 saturated carbocycles. The molecular weight excluding hydrogens is 390 g/mol. The van der Waals surface area contributed by atoms with Gasteiger partial charge < -0.3 is 14.5 Å². The van der Waals surface area contributed by atoms with Gasteiger partial charge in [0.25, 0.3) is 11.6 Å². The average Bonchev–Trinajstić information content (AvgIpc) is 3.05. The van der Waals surface area contributed by atoms with E-state index in [0.717, 1.165) is 0 Å². The molecule has 10 nitrogen and oxygen atoms in total. The molecule has 0 bridgehead atoms. The fourth-order valence-corrected chi connectivity index (χ4v) is 5.08. The summed E-state index contributed by atoms with van der Waals surface area (Å²) in [7, 11) is -3.12. The van der Waals surface area contributed by atoms with Crippen molar-refractivity contribution in [2.24, 2.45) is 5.92 Å². The first-order chi connectivity index (χ1) is 13.2. The van der Waals surface area contributed by atoms with E-state index in [1.165, 1.54) is 24.3 Å². The van der Waals surface area contributed by atoms with Crippen molar-refractivity contribution in [2.75, 3.05) is 44.3 Å². The van der Waals surface area contributed by atoms with E-state index in [0.29, 0.717) is 32.6 Å². The summed E-state index contributed by atoms with van der Waals surface area (Å²) in [4.78, 5) is 38.1. The van der Waals surface area contributed by atoms with Crippen LogP contribution in [0.2, 0.25) is 0 Å². The van der Waals surface area contributed by atoms with Gasteiger partial charge in [-0.3, -0.25) is 19.7 Å². The van der Waals surface area contributed by atoms with Crippen molar-refractivity contribution < 1.29 is 27.7 Å². The zero-order valence-corrected chi connectivity index (χ0v) is 16.0. The Morgan fingerprint density at radius 2 is 1.86 bits per heavy atom. The molecule has 2 saturated heterocycles. The van der Waals surface area contributed by atoms with Crippen molar-refractivity contribution in [3.05, 3.63) is 34.4 Å². The number of carbonyl (C=O) groups excluding carboxylic acids is 2. The molecule has 0 unspecified atom stereocenters. The third kappa shape index (κ3) is 4.77. The summed E-state index contributed by atoms with van der Waals surface area (Å²) in [5, 5.41) is 10.8.